The molecule has 0 saturated heterocycles. The van der Waals surface area contributed by atoms with Gasteiger partial charge in [-0.15, -0.1) is 10.2 Å². The summed E-state index contributed by atoms with van der Waals surface area (Å²) in [5.74, 6) is 1.78. The molecule has 0 fully saturated rings. The maximum absolute atomic E-state index is 11.0. The van der Waals surface area contributed by atoms with Gasteiger partial charge in [0.2, 0.25) is 0 Å². The molecular weight excluding hydrogens is 352 g/mol. The van der Waals surface area contributed by atoms with Gasteiger partial charge in [-0.05, 0) is 30.5 Å². The van der Waals surface area contributed by atoms with Crippen molar-refractivity contribution in [3.63, 3.8) is 0 Å². The van der Waals surface area contributed by atoms with Gasteiger partial charge in [0.05, 0.1) is 11.2 Å². The minimum atomic E-state index is -0.378. The van der Waals surface area contributed by atoms with Crippen molar-refractivity contribution in [3.05, 3.63) is 58.3 Å². The van der Waals surface area contributed by atoms with Crippen LogP contribution in [0.15, 0.2) is 52.2 Å². The van der Waals surface area contributed by atoms with Crippen molar-refractivity contribution >= 4 is 17.4 Å². The molecule has 1 atom stereocenters. The minimum Gasteiger partial charge on any atom is -0.461 e. The van der Waals surface area contributed by atoms with Crippen LogP contribution < -0.4 is 0 Å². The van der Waals surface area contributed by atoms with Crippen molar-refractivity contribution in [2.45, 2.75) is 37.7 Å². The van der Waals surface area contributed by atoms with Crippen LogP contribution in [0.5, 0.6) is 0 Å². The summed E-state index contributed by atoms with van der Waals surface area (Å²) in [7, 11) is 0. The maximum atomic E-state index is 11.0. The minimum absolute atomic E-state index is 0.00513. The molecule has 3 aromatic rings. The zero-order chi connectivity index (χ0) is 18.7. The van der Waals surface area contributed by atoms with E-state index in [1.807, 2.05) is 29.7 Å². The monoisotopic (exact) mass is 372 g/mol. The van der Waals surface area contributed by atoms with Crippen LogP contribution in [0.25, 0.3) is 11.6 Å². The zero-order valence-corrected chi connectivity index (χ0v) is 15.6. The first-order chi connectivity index (χ1) is 12.5. The molecule has 0 aliphatic heterocycles. The van der Waals surface area contributed by atoms with E-state index < -0.39 is 0 Å². The summed E-state index contributed by atoms with van der Waals surface area (Å²) < 4.78 is 7.52. The predicted molar refractivity (Wildman–Crippen MR) is 99.9 cm³/mol. The van der Waals surface area contributed by atoms with Gasteiger partial charge >= 0.3 is 0 Å². The van der Waals surface area contributed by atoms with Gasteiger partial charge in [0.15, 0.2) is 16.7 Å². The average Bonchev–Trinajstić information content (AvgIpc) is 3.25. The molecule has 7 nitrogen and oxygen atoms in total. The van der Waals surface area contributed by atoms with Crippen molar-refractivity contribution in [2.75, 3.05) is 0 Å². The molecule has 1 aromatic carbocycles. The van der Waals surface area contributed by atoms with Crippen LogP contribution in [0.2, 0.25) is 0 Å². The fraction of sp³-hybridized carbons (Fsp3) is 0.333. The highest BCUT2D eigenvalue weighted by Gasteiger charge is 2.20. The number of nitrogens with zero attached hydrogens (tertiary/aromatic N) is 4. The Kier molecular flexibility index (Phi) is 5.41. The van der Waals surface area contributed by atoms with E-state index in [0.29, 0.717) is 17.5 Å². The largest absolute Gasteiger partial charge is 0.461 e. The lowest BCUT2D eigenvalue weighted by Crippen LogP contribution is -2.08. The van der Waals surface area contributed by atoms with Gasteiger partial charge in [-0.3, -0.25) is 14.7 Å². The number of hydrogen-bond donors (Lipinski definition) is 0. The van der Waals surface area contributed by atoms with Crippen molar-refractivity contribution < 1.29 is 9.34 Å². The van der Waals surface area contributed by atoms with E-state index in [9.17, 15) is 10.1 Å². The molecule has 0 saturated carbocycles. The first-order valence-corrected chi connectivity index (χ1v) is 9.21. The second kappa shape index (κ2) is 7.74. The van der Waals surface area contributed by atoms with Crippen LogP contribution in [0, 0.1) is 16.0 Å². The Hall–Kier alpha value is -2.61. The number of rotatable bonds is 7. The number of furan rings is 1. The Morgan fingerprint density at radius 2 is 2.04 bits per heavy atom. The summed E-state index contributed by atoms with van der Waals surface area (Å²) in [6.07, 6.45) is 1.61. The zero-order valence-electron chi connectivity index (χ0n) is 14.8. The Morgan fingerprint density at radius 3 is 2.69 bits per heavy atom. The third-order valence-electron chi connectivity index (χ3n) is 3.84. The van der Waals surface area contributed by atoms with Crippen LogP contribution in [0.4, 0.5) is 5.69 Å². The van der Waals surface area contributed by atoms with E-state index in [-0.39, 0.29) is 15.9 Å². The molecular formula is C18H20N4O3S. The molecule has 2 aromatic heterocycles. The smallest absolute Gasteiger partial charge is 0.269 e. The summed E-state index contributed by atoms with van der Waals surface area (Å²) in [6, 6.07) is 10.4. The molecule has 136 valence electrons. The number of non-ortho nitro benzene ring substituents is 1. The first kappa shape index (κ1) is 18.2. The van der Waals surface area contributed by atoms with E-state index in [1.165, 1.54) is 17.8 Å². The molecule has 8 heteroatoms. The molecule has 0 radical (unpaired) electrons. The maximum Gasteiger partial charge on any atom is 0.269 e. The number of nitro groups is 1. The third-order valence-corrected chi connectivity index (χ3v) is 4.98. The predicted octanol–water partition coefficient (Wildman–Crippen LogP) is 4.96. The lowest BCUT2D eigenvalue weighted by molar-refractivity contribution is -0.384. The fourth-order valence-electron chi connectivity index (χ4n) is 2.61. The highest BCUT2D eigenvalue weighted by Crippen LogP contribution is 2.36. The van der Waals surface area contributed by atoms with Gasteiger partial charge in [-0.1, -0.05) is 37.7 Å². The van der Waals surface area contributed by atoms with Crippen LogP contribution in [0.3, 0.4) is 0 Å². The van der Waals surface area contributed by atoms with Gasteiger partial charge in [0.1, 0.15) is 0 Å². The Morgan fingerprint density at radius 1 is 1.23 bits per heavy atom. The number of thioether (sulfide) groups is 1. The summed E-state index contributed by atoms with van der Waals surface area (Å²) in [5, 5.41) is 20.4. The molecule has 1 unspecified atom stereocenters. The van der Waals surface area contributed by atoms with E-state index in [1.54, 1.807) is 18.4 Å². The first-order valence-electron chi connectivity index (χ1n) is 8.33. The van der Waals surface area contributed by atoms with Gasteiger partial charge in [0.25, 0.3) is 5.69 Å². The highest BCUT2D eigenvalue weighted by molar-refractivity contribution is 7.99. The lowest BCUT2D eigenvalue weighted by Gasteiger charge is -2.14. The normalized spacial score (nSPS) is 12.5. The number of aromatic nitrogens is 3. The molecule has 26 heavy (non-hydrogen) atoms. The van der Waals surface area contributed by atoms with Gasteiger partial charge in [-0.25, -0.2) is 0 Å². The summed E-state index contributed by atoms with van der Waals surface area (Å²) in [4.78, 5) is 10.6. The highest BCUT2D eigenvalue weighted by atomic mass is 32.2. The van der Waals surface area contributed by atoms with Crippen LogP contribution >= 0.6 is 11.8 Å². The third kappa shape index (κ3) is 3.96. The van der Waals surface area contributed by atoms with Gasteiger partial charge in [0, 0.05) is 23.9 Å². The van der Waals surface area contributed by atoms with Gasteiger partial charge < -0.3 is 4.42 Å². The molecule has 0 N–H and O–H groups in total. The number of benzene rings is 1. The van der Waals surface area contributed by atoms with Crippen LogP contribution in [0.1, 0.15) is 31.6 Å². The van der Waals surface area contributed by atoms with E-state index in [2.05, 4.69) is 24.0 Å². The van der Waals surface area contributed by atoms with Gasteiger partial charge in [-0.2, -0.15) is 0 Å². The fourth-order valence-corrected chi connectivity index (χ4v) is 3.59. The topological polar surface area (TPSA) is 87.0 Å². The van der Waals surface area contributed by atoms with Crippen LogP contribution in [-0.2, 0) is 6.54 Å². The van der Waals surface area contributed by atoms with E-state index >= 15 is 0 Å². The van der Waals surface area contributed by atoms with Crippen molar-refractivity contribution in [2.24, 2.45) is 5.92 Å². The van der Waals surface area contributed by atoms with Crippen molar-refractivity contribution in [3.8, 4) is 11.6 Å². The number of hydrogen-bond acceptors (Lipinski definition) is 6. The summed E-state index contributed by atoms with van der Waals surface area (Å²) >= 11 is 1.53. The molecule has 0 bridgehead atoms. The van der Waals surface area contributed by atoms with E-state index in [0.717, 1.165) is 17.3 Å². The van der Waals surface area contributed by atoms with Crippen molar-refractivity contribution in [1.29, 1.82) is 0 Å². The molecule has 0 spiro atoms. The van der Waals surface area contributed by atoms with Crippen molar-refractivity contribution in [1.82, 2.24) is 14.8 Å². The molecule has 0 aliphatic rings. The van der Waals surface area contributed by atoms with E-state index in [4.69, 9.17) is 4.42 Å². The Bertz CT molecular complexity index is 890. The average molecular weight is 372 g/mol. The molecule has 0 amide bonds. The lowest BCUT2D eigenvalue weighted by atomic mass is 10.1. The summed E-state index contributed by atoms with van der Waals surface area (Å²) in [6.45, 7) is 7.02. The summed E-state index contributed by atoms with van der Waals surface area (Å²) in [5.41, 5.74) is 0.970. The SMILES string of the molecule is CC(C)Cn1c(SC(C)c2cccc([N+](=O)[O-])c2)nnc1-c1ccco1. The molecule has 3 rings (SSSR count). The second-order valence-electron chi connectivity index (χ2n) is 6.40. The second-order valence-corrected chi connectivity index (χ2v) is 7.71. The number of nitro benzene ring substituents is 1. The Labute approximate surface area is 155 Å². The van der Waals surface area contributed by atoms with Crippen LogP contribution in [-0.4, -0.2) is 19.7 Å². The Balaban J connectivity index is 1.89. The molecule has 0 aliphatic carbocycles. The standard InChI is InChI=1S/C18H20N4O3S/c1-12(2)11-21-17(16-8-5-9-25-16)19-20-18(21)26-13(3)14-6-4-7-15(10-14)22(23)24/h4-10,12-13H,11H2,1-3H3. The molecule has 2 heterocycles. The quantitative estimate of drug-likeness (QED) is 0.331.